The zero-order valence-corrected chi connectivity index (χ0v) is 13.9. The average molecular weight is 316 g/mol. The predicted octanol–water partition coefficient (Wildman–Crippen LogP) is 2.33. The highest BCUT2D eigenvalue weighted by molar-refractivity contribution is 5.89. The first-order chi connectivity index (χ1) is 11.1. The molecule has 0 spiro atoms. The molecule has 7 nitrogen and oxygen atoms in total. The number of hydrogen-bond acceptors (Lipinski definition) is 4. The summed E-state index contributed by atoms with van der Waals surface area (Å²) in [5.41, 5.74) is 0.671. The van der Waals surface area contributed by atoms with Crippen LogP contribution in [0.2, 0.25) is 0 Å². The molecule has 2 rings (SSSR count). The topological polar surface area (TPSA) is 75.1 Å². The van der Waals surface area contributed by atoms with Crippen LogP contribution in [-0.4, -0.2) is 39.9 Å². The van der Waals surface area contributed by atoms with Crippen LogP contribution in [0.5, 0.6) is 0 Å². The van der Waals surface area contributed by atoms with E-state index in [0.717, 1.165) is 18.9 Å². The van der Waals surface area contributed by atoms with Crippen LogP contribution in [0.4, 0.5) is 16.3 Å². The number of nitrogens with one attached hydrogen (secondary N) is 2. The van der Waals surface area contributed by atoms with Gasteiger partial charge in [-0.05, 0) is 39.0 Å². The first-order valence-electron chi connectivity index (χ1n) is 7.88. The Kier molecular flexibility index (Phi) is 5.96. The van der Waals surface area contributed by atoms with E-state index in [4.69, 9.17) is 0 Å². The van der Waals surface area contributed by atoms with Crippen molar-refractivity contribution in [2.75, 3.05) is 23.3 Å². The summed E-state index contributed by atoms with van der Waals surface area (Å²) < 4.78 is 1.78. The number of rotatable bonds is 7. The van der Waals surface area contributed by atoms with Crippen LogP contribution in [0.3, 0.4) is 0 Å². The van der Waals surface area contributed by atoms with Crippen molar-refractivity contribution in [3.63, 3.8) is 0 Å². The van der Waals surface area contributed by atoms with Gasteiger partial charge in [-0.3, -0.25) is 4.68 Å². The molecule has 0 saturated carbocycles. The van der Waals surface area contributed by atoms with Crippen LogP contribution in [0.15, 0.2) is 36.8 Å². The lowest BCUT2D eigenvalue weighted by atomic mass is 10.3. The fourth-order valence-corrected chi connectivity index (χ4v) is 2.32. The molecule has 0 aliphatic rings. The van der Waals surface area contributed by atoms with Gasteiger partial charge in [-0.15, -0.1) is 0 Å². The van der Waals surface area contributed by atoms with Crippen molar-refractivity contribution < 1.29 is 4.79 Å². The zero-order valence-electron chi connectivity index (χ0n) is 13.9. The Morgan fingerprint density at radius 3 is 2.70 bits per heavy atom. The van der Waals surface area contributed by atoms with Gasteiger partial charge < -0.3 is 15.5 Å². The molecule has 2 aromatic rings. The third-order valence-corrected chi connectivity index (χ3v) is 3.49. The molecule has 0 radical (unpaired) electrons. The molecule has 2 amide bonds. The van der Waals surface area contributed by atoms with E-state index in [1.807, 2.05) is 31.3 Å². The number of pyridine rings is 1. The SMILES string of the molecule is CCN(CC)c1ccc(NC(=O)N[C@@H](C)Cn2cccn2)cn1. The van der Waals surface area contributed by atoms with Crippen molar-refractivity contribution >= 4 is 17.5 Å². The Morgan fingerprint density at radius 2 is 2.13 bits per heavy atom. The van der Waals surface area contributed by atoms with Gasteiger partial charge in [-0.25, -0.2) is 9.78 Å². The number of nitrogens with zero attached hydrogens (tertiary/aromatic N) is 4. The molecule has 0 unspecified atom stereocenters. The number of carbonyl (C=O) groups excluding carboxylic acids is 1. The Labute approximate surface area is 136 Å². The summed E-state index contributed by atoms with van der Waals surface area (Å²) in [4.78, 5) is 18.5. The second kappa shape index (κ2) is 8.17. The molecule has 0 fully saturated rings. The molecule has 124 valence electrons. The minimum Gasteiger partial charge on any atom is -0.357 e. The Balaban J connectivity index is 1.85. The van der Waals surface area contributed by atoms with Crippen LogP contribution >= 0.6 is 0 Å². The molecular weight excluding hydrogens is 292 g/mol. The van der Waals surface area contributed by atoms with Crippen LogP contribution < -0.4 is 15.5 Å². The Morgan fingerprint density at radius 1 is 1.35 bits per heavy atom. The minimum absolute atomic E-state index is 0.0298. The van der Waals surface area contributed by atoms with E-state index in [1.54, 1.807) is 17.1 Å². The van der Waals surface area contributed by atoms with Crippen LogP contribution in [0.1, 0.15) is 20.8 Å². The van der Waals surface area contributed by atoms with Gasteiger partial charge >= 0.3 is 6.03 Å². The van der Waals surface area contributed by atoms with E-state index in [-0.39, 0.29) is 12.1 Å². The highest BCUT2D eigenvalue weighted by Gasteiger charge is 2.09. The molecule has 2 heterocycles. The quantitative estimate of drug-likeness (QED) is 0.822. The summed E-state index contributed by atoms with van der Waals surface area (Å²) in [7, 11) is 0. The number of anilines is 2. The molecule has 0 aliphatic carbocycles. The van der Waals surface area contributed by atoms with Gasteiger partial charge in [0, 0.05) is 31.5 Å². The molecule has 2 aromatic heterocycles. The van der Waals surface area contributed by atoms with Gasteiger partial charge in [0.25, 0.3) is 0 Å². The lowest BCUT2D eigenvalue weighted by Gasteiger charge is -2.20. The van der Waals surface area contributed by atoms with Crippen molar-refractivity contribution in [1.82, 2.24) is 20.1 Å². The molecule has 7 heteroatoms. The van der Waals surface area contributed by atoms with Crippen molar-refractivity contribution in [3.8, 4) is 0 Å². The van der Waals surface area contributed by atoms with Crippen molar-refractivity contribution in [3.05, 3.63) is 36.8 Å². The normalized spacial score (nSPS) is 11.8. The lowest BCUT2D eigenvalue weighted by Crippen LogP contribution is -2.38. The molecule has 23 heavy (non-hydrogen) atoms. The second-order valence-electron chi connectivity index (χ2n) is 5.30. The smallest absolute Gasteiger partial charge is 0.319 e. The minimum atomic E-state index is -0.248. The molecule has 0 bridgehead atoms. The lowest BCUT2D eigenvalue weighted by molar-refractivity contribution is 0.247. The highest BCUT2D eigenvalue weighted by Crippen LogP contribution is 2.13. The van der Waals surface area contributed by atoms with Crippen molar-refractivity contribution in [2.45, 2.75) is 33.4 Å². The highest BCUT2D eigenvalue weighted by atomic mass is 16.2. The first kappa shape index (κ1) is 16.8. The Hall–Kier alpha value is -2.57. The summed E-state index contributed by atoms with van der Waals surface area (Å²) in [6.45, 7) is 8.55. The van der Waals surface area contributed by atoms with E-state index in [0.29, 0.717) is 12.2 Å². The molecule has 0 aliphatic heterocycles. The van der Waals surface area contributed by atoms with Crippen molar-refractivity contribution in [1.29, 1.82) is 0 Å². The number of aromatic nitrogens is 3. The maximum absolute atomic E-state index is 12.0. The number of hydrogen-bond donors (Lipinski definition) is 2. The van der Waals surface area contributed by atoms with E-state index in [2.05, 4.69) is 39.5 Å². The summed E-state index contributed by atoms with van der Waals surface area (Å²) in [6.07, 6.45) is 5.26. The fourth-order valence-electron chi connectivity index (χ4n) is 2.32. The summed E-state index contributed by atoms with van der Waals surface area (Å²) in [5, 5.41) is 9.79. The fraction of sp³-hybridized carbons (Fsp3) is 0.438. The first-order valence-corrected chi connectivity index (χ1v) is 7.88. The zero-order chi connectivity index (χ0) is 16.7. The van der Waals surface area contributed by atoms with Crippen LogP contribution in [0.25, 0.3) is 0 Å². The second-order valence-corrected chi connectivity index (χ2v) is 5.30. The van der Waals surface area contributed by atoms with E-state index in [9.17, 15) is 4.79 Å². The largest absolute Gasteiger partial charge is 0.357 e. The monoisotopic (exact) mass is 316 g/mol. The molecule has 1 atom stereocenters. The number of carbonyl (C=O) groups is 1. The molecule has 2 N–H and O–H groups in total. The Bertz CT molecular complexity index is 592. The van der Waals surface area contributed by atoms with Gasteiger partial charge in [0.2, 0.25) is 0 Å². The van der Waals surface area contributed by atoms with E-state index >= 15 is 0 Å². The van der Waals surface area contributed by atoms with Crippen LogP contribution in [-0.2, 0) is 6.54 Å². The van der Waals surface area contributed by atoms with Gasteiger partial charge in [0.05, 0.1) is 18.4 Å². The maximum Gasteiger partial charge on any atom is 0.319 e. The molecule has 0 saturated heterocycles. The van der Waals surface area contributed by atoms with Gasteiger partial charge in [-0.2, -0.15) is 5.10 Å². The van der Waals surface area contributed by atoms with Crippen LogP contribution in [0, 0.1) is 0 Å². The predicted molar refractivity (Wildman–Crippen MR) is 91.6 cm³/mol. The van der Waals surface area contributed by atoms with E-state index < -0.39 is 0 Å². The standard InChI is InChI=1S/C16H24N6O/c1-4-21(5-2)15-8-7-14(11-17-15)20-16(23)19-13(3)12-22-10-6-9-18-22/h6-11,13H,4-5,12H2,1-3H3,(H2,19,20,23)/t13-/m0/s1. The maximum atomic E-state index is 12.0. The van der Waals surface area contributed by atoms with Crippen molar-refractivity contribution in [2.24, 2.45) is 0 Å². The molecule has 0 aromatic carbocycles. The third-order valence-electron chi connectivity index (χ3n) is 3.49. The summed E-state index contributed by atoms with van der Waals surface area (Å²) in [5.74, 6) is 0.910. The van der Waals surface area contributed by atoms with Gasteiger partial charge in [-0.1, -0.05) is 0 Å². The average Bonchev–Trinajstić information content (AvgIpc) is 3.02. The third kappa shape index (κ3) is 4.98. The number of amides is 2. The summed E-state index contributed by atoms with van der Waals surface area (Å²) in [6, 6.07) is 5.35. The molecular formula is C16H24N6O. The van der Waals surface area contributed by atoms with Gasteiger partial charge in [0.1, 0.15) is 5.82 Å². The van der Waals surface area contributed by atoms with E-state index in [1.165, 1.54) is 0 Å². The van der Waals surface area contributed by atoms with Gasteiger partial charge in [0.15, 0.2) is 0 Å². The number of urea groups is 1. The summed E-state index contributed by atoms with van der Waals surface area (Å²) >= 11 is 0.